The molecular weight excluding hydrogens is 190 g/mol. The van der Waals surface area contributed by atoms with Crippen molar-refractivity contribution < 1.29 is 0 Å². The van der Waals surface area contributed by atoms with Gasteiger partial charge in [-0.05, 0) is 19.3 Å². The van der Waals surface area contributed by atoms with E-state index in [4.69, 9.17) is 5.73 Å². The maximum Gasteiger partial charge on any atom is 0.290 e. The van der Waals surface area contributed by atoms with Crippen LogP contribution in [0.1, 0.15) is 51.8 Å². The summed E-state index contributed by atoms with van der Waals surface area (Å²) in [5.74, 6) is 0. The second kappa shape index (κ2) is 5.05. The SMILES string of the molecule is CCCc1[nH]n(C(CC)CC)c(=O)c1N. The van der Waals surface area contributed by atoms with E-state index in [2.05, 4.69) is 25.9 Å². The van der Waals surface area contributed by atoms with Crippen LogP contribution in [0.5, 0.6) is 0 Å². The fourth-order valence-electron chi connectivity index (χ4n) is 1.87. The number of nitrogens with zero attached hydrogens (tertiary/aromatic N) is 1. The van der Waals surface area contributed by atoms with Crippen LogP contribution in [-0.2, 0) is 6.42 Å². The van der Waals surface area contributed by atoms with Gasteiger partial charge in [0.05, 0.1) is 11.7 Å². The lowest BCUT2D eigenvalue weighted by molar-refractivity contribution is 0.415. The number of aromatic nitrogens is 2. The number of hydrogen-bond acceptors (Lipinski definition) is 2. The first kappa shape index (κ1) is 11.9. The van der Waals surface area contributed by atoms with Gasteiger partial charge in [0.1, 0.15) is 5.69 Å². The van der Waals surface area contributed by atoms with Gasteiger partial charge < -0.3 is 5.73 Å². The van der Waals surface area contributed by atoms with Gasteiger partial charge >= 0.3 is 0 Å². The van der Waals surface area contributed by atoms with Crippen LogP contribution in [0.2, 0.25) is 0 Å². The Morgan fingerprint density at radius 1 is 1.33 bits per heavy atom. The lowest BCUT2D eigenvalue weighted by Gasteiger charge is -2.12. The second-order valence-electron chi connectivity index (χ2n) is 3.90. The molecule has 0 unspecified atom stereocenters. The molecule has 0 aliphatic carbocycles. The fraction of sp³-hybridized carbons (Fsp3) is 0.727. The summed E-state index contributed by atoms with van der Waals surface area (Å²) >= 11 is 0. The first-order valence-corrected chi connectivity index (χ1v) is 5.74. The molecule has 0 saturated heterocycles. The lowest BCUT2D eigenvalue weighted by Crippen LogP contribution is -2.22. The van der Waals surface area contributed by atoms with Crippen LogP contribution in [-0.4, -0.2) is 9.78 Å². The smallest absolute Gasteiger partial charge is 0.290 e. The van der Waals surface area contributed by atoms with Crippen LogP contribution in [0.3, 0.4) is 0 Å². The zero-order valence-electron chi connectivity index (χ0n) is 9.84. The molecular formula is C11H21N3O. The fourth-order valence-corrected chi connectivity index (χ4v) is 1.87. The van der Waals surface area contributed by atoms with Crippen molar-refractivity contribution in [3.05, 3.63) is 16.0 Å². The third kappa shape index (κ3) is 2.25. The van der Waals surface area contributed by atoms with Crippen LogP contribution in [0.15, 0.2) is 4.79 Å². The number of nitrogens with one attached hydrogen (secondary N) is 1. The normalized spacial score (nSPS) is 11.2. The van der Waals surface area contributed by atoms with Crippen molar-refractivity contribution in [3.63, 3.8) is 0 Å². The first-order chi connectivity index (χ1) is 7.15. The standard InChI is InChI=1S/C11H21N3O/c1-4-7-9-10(12)11(15)14(13-9)8(5-2)6-3/h8,13H,4-7,12H2,1-3H3. The summed E-state index contributed by atoms with van der Waals surface area (Å²) in [5, 5.41) is 3.13. The molecule has 0 fully saturated rings. The largest absolute Gasteiger partial charge is 0.393 e. The number of aryl methyl sites for hydroxylation is 1. The highest BCUT2D eigenvalue weighted by atomic mass is 16.1. The number of rotatable bonds is 5. The van der Waals surface area contributed by atoms with Gasteiger partial charge in [-0.25, -0.2) is 4.68 Å². The molecule has 4 heteroatoms. The van der Waals surface area contributed by atoms with Crippen LogP contribution in [0, 0.1) is 0 Å². The zero-order chi connectivity index (χ0) is 11.4. The summed E-state index contributed by atoms with van der Waals surface area (Å²) in [6, 6.07) is 0.241. The third-order valence-electron chi connectivity index (χ3n) is 2.84. The van der Waals surface area contributed by atoms with E-state index in [1.54, 1.807) is 4.68 Å². The predicted molar refractivity (Wildman–Crippen MR) is 63.1 cm³/mol. The Kier molecular flexibility index (Phi) is 4.00. The summed E-state index contributed by atoms with van der Waals surface area (Å²) in [6.45, 7) is 6.24. The number of nitrogens with two attached hydrogens (primary N) is 1. The van der Waals surface area contributed by atoms with Gasteiger partial charge in [-0.2, -0.15) is 0 Å². The van der Waals surface area contributed by atoms with E-state index in [0.717, 1.165) is 31.4 Å². The maximum atomic E-state index is 11.8. The van der Waals surface area contributed by atoms with Gasteiger partial charge in [-0.3, -0.25) is 9.89 Å². The van der Waals surface area contributed by atoms with Gasteiger partial charge in [-0.15, -0.1) is 0 Å². The van der Waals surface area contributed by atoms with Crippen molar-refractivity contribution in [2.45, 2.75) is 52.5 Å². The van der Waals surface area contributed by atoms with E-state index >= 15 is 0 Å². The molecule has 0 amide bonds. The van der Waals surface area contributed by atoms with E-state index in [9.17, 15) is 4.79 Å². The van der Waals surface area contributed by atoms with Gasteiger partial charge in [-0.1, -0.05) is 27.2 Å². The first-order valence-electron chi connectivity index (χ1n) is 5.74. The van der Waals surface area contributed by atoms with Gasteiger partial charge in [0.15, 0.2) is 0 Å². The highest BCUT2D eigenvalue weighted by Crippen LogP contribution is 2.15. The summed E-state index contributed by atoms with van der Waals surface area (Å²) in [6.07, 6.45) is 3.73. The Morgan fingerprint density at radius 2 is 1.93 bits per heavy atom. The van der Waals surface area contributed by atoms with E-state index in [0.29, 0.717) is 5.69 Å². The quantitative estimate of drug-likeness (QED) is 0.783. The molecule has 0 aromatic carbocycles. The molecule has 0 bridgehead atoms. The maximum absolute atomic E-state index is 11.8. The second-order valence-corrected chi connectivity index (χ2v) is 3.90. The lowest BCUT2D eigenvalue weighted by atomic mass is 10.2. The Labute approximate surface area is 90.5 Å². The molecule has 0 spiro atoms. The number of aromatic amines is 1. The minimum Gasteiger partial charge on any atom is -0.393 e. The molecule has 1 rings (SSSR count). The van der Waals surface area contributed by atoms with Crippen molar-refractivity contribution in [2.24, 2.45) is 0 Å². The molecule has 15 heavy (non-hydrogen) atoms. The minimum absolute atomic E-state index is 0.0628. The summed E-state index contributed by atoms with van der Waals surface area (Å²) in [7, 11) is 0. The number of nitrogen functional groups attached to an aromatic ring is 1. The van der Waals surface area contributed by atoms with Crippen LogP contribution < -0.4 is 11.3 Å². The zero-order valence-corrected chi connectivity index (χ0v) is 9.84. The van der Waals surface area contributed by atoms with E-state index in [1.165, 1.54) is 0 Å². The molecule has 3 N–H and O–H groups in total. The monoisotopic (exact) mass is 211 g/mol. The Morgan fingerprint density at radius 3 is 2.40 bits per heavy atom. The van der Waals surface area contributed by atoms with Crippen molar-refractivity contribution in [1.29, 1.82) is 0 Å². The van der Waals surface area contributed by atoms with Crippen molar-refractivity contribution >= 4 is 5.69 Å². The van der Waals surface area contributed by atoms with Crippen molar-refractivity contribution in [1.82, 2.24) is 9.78 Å². The van der Waals surface area contributed by atoms with Gasteiger partial charge in [0.2, 0.25) is 0 Å². The van der Waals surface area contributed by atoms with Gasteiger partial charge in [0, 0.05) is 0 Å². The molecule has 0 aliphatic rings. The molecule has 0 aliphatic heterocycles. The summed E-state index contributed by atoms with van der Waals surface area (Å²) in [5.41, 5.74) is 6.99. The Bertz CT molecular complexity index is 360. The highest BCUT2D eigenvalue weighted by Gasteiger charge is 2.15. The average molecular weight is 211 g/mol. The molecule has 4 nitrogen and oxygen atoms in total. The van der Waals surface area contributed by atoms with E-state index < -0.39 is 0 Å². The summed E-state index contributed by atoms with van der Waals surface area (Å²) < 4.78 is 1.68. The topological polar surface area (TPSA) is 63.8 Å². The molecule has 86 valence electrons. The Hall–Kier alpha value is -1.19. The average Bonchev–Trinajstić information content (AvgIpc) is 2.50. The minimum atomic E-state index is -0.0628. The van der Waals surface area contributed by atoms with E-state index in [1.807, 2.05) is 0 Å². The molecule has 0 atom stereocenters. The molecule has 0 saturated carbocycles. The van der Waals surface area contributed by atoms with Crippen molar-refractivity contribution in [2.75, 3.05) is 5.73 Å². The molecule has 0 radical (unpaired) electrons. The molecule has 1 heterocycles. The predicted octanol–water partition coefficient (Wildman–Crippen LogP) is 2.07. The highest BCUT2D eigenvalue weighted by molar-refractivity contribution is 5.40. The summed E-state index contributed by atoms with van der Waals surface area (Å²) in [4.78, 5) is 11.8. The third-order valence-corrected chi connectivity index (χ3v) is 2.84. The number of hydrogen-bond donors (Lipinski definition) is 2. The number of H-pyrrole nitrogens is 1. The van der Waals surface area contributed by atoms with Crippen molar-refractivity contribution in [3.8, 4) is 0 Å². The van der Waals surface area contributed by atoms with Crippen LogP contribution in [0.4, 0.5) is 5.69 Å². The Balaban J connectivity index is 3.09. The van der Waals surface area contributed by atoms with Gasteiger partial charge in [0.25, 0.3) is 5.56 Å². The number of anilines is 1. The van der Waals surface area contributed by atoms with Crippen LogP contribution >= 0.6 is 0 Å². The van der Waals surface area contributed by atoms with Crippen LogP contribution in [0.25, 0.3) is 0 Å². The molecule has 1 aromatic rings. The van der Waals surface area contributed by atoms with E-state index in [-0.39, 0.29) is 11.6 Å². The molecule has 1 aromatic heterocycles.